The van der Waals surface area contributed by atoms with Crippen LogP contribution in [0, 0.1) is 0 Å². The highest BCUT2D eigenvalue weighted by Crippen LogP contribution is 2.34. The topological polar surface area (TPSA) is 89.8 Å². The number of benzene rings is 1. The standard InChI is InChI=1S/C11H13NO4/c1-5-7-4-10(14)9(13)3-6(7)2-8(12-5)11(15)16/h3-5,8,12-14H,2H2,1H3,(H,15,16)/t5-,8-/m0/s1. The number of carboxylic acid groups (broad SMARTS) is 1. The molecule has 86 valence electrons. The van der Waals surface area contributed by atoms with Crippen LogP contribution < -0.4 is 5.32 Å². The van der Waals surface area contributed by atoms with Crippen molar-refractivity contribution in [2.45, 2.75) is 25.4 Å². The number of rotatable bonds is 1. The summed E-state index contributed by atoms with van der Waals surface area (Å²) in [6.45, 7) is 1.82. The number of carbonyl (C=O) groups is 1. The maximum atomic E-state index is 10.9. The molecule has 1 aromatic carbocycles. The number of carboxylic acids is 1. The van der Waals surface area contributed by atoms with Gasteiger partial charge in [-0.3, -0.25) is 10.1 Å². The molecular formula is C11H13NO4. The SMILES string of the molecule is C[C@@H]1N[C@H](C(=O)O)Cc2cc(O)c(O)cc21. The minimum absolute atomic E-state index is 0.156. The lowest BCUT2D eigenvalue weighted by Crippen LogP contribution is -2.43. The van der Waals surface area contributed by atoms with Crippen molar-refractivity contribution < 1.29 is 20.1 Å². The van der Waals surface area contributed by atoms with Crippen molar-refractivity contribution in [3.63, 3.8) is 0 Å². The molecule has 0 saturated carbocycles. The van der Waals surface area contributed by atoms with Crippen molar-refractivity contribution in [2.75, 3.05) is 0 Å². The van der Waals surface area contributed by atoms with E-state index in [0.29, 0.717) is 6.42 Å². The van der Waals surface area contributed by atoms with Crippen molar-refractivity contribution >= 4 is 5.97 Å². The van der Waals surface area contributed by atoms with Gasteiger partial charge in [0, 0.05) is 6.04 Å². The molecule has 0 amide bonds. The number of aliphatic carboxylic acids is 1. The number of fused-ring (bicyclic) bond motifs is 1. The Morgan fingerprint density at radius 3 is 2.62 bits per heavy atom. The van der Waals surface area contributed by atoms with E-state index in [1.54, 1.807) is 0 Å². The van der Waals surface area contributed by atoms with Gasteiger partial charge in [0.1, 0.15) is 6.04 Å². The molecular weight excluding hydrogens is 210 g/mol. The number of aromatic hydroxyl groups is 2. The molecule has 0 aromatic heterocycles. The molecule has 5 heteroatoms. The van der Waals surface area contributed by atoms with Crippen molar-refractivity contribution in [3.8, 4) is 11.5 Å². The van der Waals surface area contributed by atoms with Gasteiger partial charge in [-0.25, -0.2) is 0 Å². The number of phenols is 2. The predicted octanol–water partition coefficient (Wildman–Crippen LogP) is 0.758. The summed E-state index contributed by atoms with van der Waals surface area (Å²) < 4.78 is 0. The normalized spacial score (nSPS) is 23.8. The zero-order valence-electron chi connectivity index (χ0n) is 8.77. The Morgan fingerprint density at radius 1 is 1.38 bits per heavy atom. The van der Waals surface area contributed by atoms with E-state index in [4.69, 9.17) is 5.11 Å². The van der Waals surface area contributed by atoms with Gasteiger partial charge in [-0.15, -0.1) is 0 Å². The first-order valence-corrected chi connectivity index (χ1v) is 5.02. The molecule has 16 heavy (non-hydrogen) atoms. The molecule has 5 nitrogen and oxygen atoms in total. The molecule has 0 bridgehead atoms. The van der Waals surface area contributed by atoms with E-state index in [1.165, 1.54) is 12.1 Å². The highest BCUT2D eigenvalue weighted by Gasteiger charge is 2.28. The van der Waals surface area contributed by atoms with Crippen LogP contribution in [-0.2, 0) is 11.2 Å². The Morgan fingerprint density at radius 2 is 2.00 bits per heavy atom. The van der Waals surface area contributed by atoms with Gasteiger partial charge < -0.3 is 15.3 Å². The van der Waals surface area contributed by atoms with Gasteiger partial charge in [-0.2, -0.15) is 0 Å². The highest BCUT2D eigenvalue weighted by molar-refractivity contribution is 5.74. The van der Waals surface area contributed by atoms with Crippen LogP contribution in [0.5, 0.6) is 11.5 Å². The fourth-order valence-corrected chi connectivity index (χ4v) is 2.05. The summed E-state index contributed by atoms with van der Waals surface area (Å²) in [6.07, 6.45) is 0.308. The van der Waals surface area contributed by atoms with Gasteiger partial charge >= 0.3 is 5.97 Å². The lowest BCUT2D eigenvalue weighted by atomic mass is 9.90. The number of hydrogen-bond acceptors (Lipinski definition) is 4. The first kappa shape index (κ1) is 10.8. The van der Waals surface area contributed by atoms with Crippen molar-refractivity contribution in [1.82, 2.24) is 5.32 Å². The fourth-order valence-electron chi connectivity index (χ4n) is 2.05. The molecule has 0 fully saturated rings. The maximum absolute atomic E-state index is 10.9. The van der Waals surface area contributed by atoms with E-state index in [-0.39, 0.29) is 17.5 Å². The number of phenolic OH excluding ortho intramolecular Hbond substituents is 2. The summed E-state index contributed by atoms with van der Waals surface area (Å²) in [4.78, 5) is 10.9. The van der Waals surface area contributed by atoms with Gasteiger partial charge in [0.2, 0.25) is 0 Å². The Hall–Kier alpha value is -1.75. The lowest BCUT2D eigenvalue weighted by Gasteiger charge is -2.29. The summed E-state index contributed by atoms with van der Waals surface area (Å²) >= 11 is 0. The third-order valence-electron chi connectivity index (χ3n) is 2.88. The highest BCUT2D eigenvalue weighted by atomic mass is 16.4. The minimum atomic E-state index is -0.912. The molecule has 0 aliphatic carbocycles. The van der Waals surface area contributed by atoms with Gasteiger partial charge in [0.15, 0.2) is 11.5 Å². The zero-order chi connectivity index (χ0) is 11.9. The fraction of sp³-hybridized carbons (Fsp3) is 0.364. The molecule has 2 rings (SSSR count). The molecule has 1 aliphatic rings. The maximum Gasteiger partial charge on any atom is 0.321 e. The van der Waals surface area contributed by atoms with Crippen LogP contribution >= 0.6 is 0 Å². The van der Waals surface area contributed by atoms with Crippen molar-refractivity contribution in [1.29, 1.82) is 0 Å². The van der Waals surface area contributed by atoms with Crippen LogP contribution in [0.15, 0.2) is 12.1 Å². The van der Waals surface area contributed by atoms with Crippen molar-refractivity contribution in [2.24, 2.45) is 0 Å². The second kappa shape index (κ2) is 3.68. The van der Waals surface area contributed by atoms with Crippen LogP contribution in [0.25, 0.3) is 0 Å². The van der Waals surface area contributed by atoms with E-state index in [0.717, 1.165) is 11.1 Å². The van der Waals surface area contributed by atoms with Crippen LogP contribution in [0.1, 0.15) is 24.1 Å². The molecule has 0 saturated heterocycles. The average Bonchev–Trinajstić information content (AvgIpc) is 2.20. The summed E-state index contributed by atoms with van der Waals surface area (Å²) in [7, 11) is 0. The monoisotopic (exact) mass is 223 g/mol. The van der Waals surface area contributed by atoms with Gasteiger partial charge in [-0.05, 0) is 36.6 Å². The Balaban J connectivity index is 2.42. The average molecular weight is 223 g/mol. The van der Waals surface area contributed by atoms with Crippen LogP contribution in [0.3, 0.4) is 0 Å². The minimum Gasteiger partial charge on any atom is -0.504 e. The molecule has 4 N–H and O–H groups in total. The van der Waals surface area contributed by atoms with Gasteiger partial charge in [0.25, 0.3) is 0 Å². The number of hydrogen-bond donors (Lipinski definition) is 4. The summed E-state index contributed by atoms with van der Waals surface area (Å²) in [6, 6.07) is 2.10. The first-order chi connectivity index (χ1) is 7.49. The second-order valence-corrected chi connectivity index (χ2v) is 4.02. The van der Waals surface area contributed by atoms with Crippen LogP contribution in [0.4, 0.5) is 0 Å². The number of nitrogens with one attached hydrogen (secondary N) is 1. The quantitative estimate of drug-likeness (QED) is 0.528. The summed E-state index contributed by atoms with van der Waals surface area (Å²) in [5.41, 5.74) is 1.58. The van der Waals surface area contributed by atoms with E-state index >= 15 is 0 Å². The smallest absolute Gasteiger partial charge is 0.321 e. The summed E-state index contributed by atoms with van der Waals surface area (Å²) in [5.74, 6) is -1.30. The van der Waals surface area contributed by atoms with Crippen LogP contribution in [-0.4, -0.2) is 27.3 Å². The predicted molar refractivity (Wildman–Crippen MR) is 56.5 cm³/mol. The Bertz CT molecular complexity index is 444. The second-order valence-electron chi connectivity index (χ2n) is 4.02. The van der Waals surface area contributed by atoms with E-state index in [1.807, 2.05) is 6.92 Å². The molecule has 1 heterocycles. The molecule has 0 radical (unpaired) electrons. The molecule has 2 atom stereocenters. The van der Waals surface area contributed by atoms with Gasteiger partial charge in [0.05, 0.1) is 0 Å². The molecule has 0 unspecified atom stereocenters. The van der Waals surface area contributed by atoms with Crippen molar-refractivity contribution in [3.05, 3.63) is 23.3 Å². The van der Waals surface area contributed by atoms with E-state index in [2.05, 4.69) is 5.32 Å². The van der Waals surface area contributed by atoms with E-state index in [9.17, 15) is 15.0 Å². The largest absolute Gasteiger partial charge is 0.504 e. The molecule has 0 spiro atoms. The third kappa shape index (κ3) is 1.69. The first-order valence-electron chi connectivity index (χ1n) is 5.02. The van der Waals surface area contributed by atoms with E-state index < -0.39 is 12.0 Å². The van der Waals surface area contributed by atoms with Crippen LogP contribution in [0.2, 0.25) is 0 Å². The lowest BCUT2D eigenvalue weighted by molar-refractivity contribution is -0.139. The Kier molecular flexibility index (Phi) is 2.47. The molecule has 1 aromatic rings. The third-order valence-corrected chi connectivity index (χ3v) is 2.88. The zero-order valence-corrected chi connectivity index (χ0v) is 8.77. The molecule has 1 aliphatic heterocycles. The Labute approximate surface area is 92.3 Å². The summed E-state index contributed by atoms with van der Waals surface area (Å²) in [5, 5.41) is 30.6. The van der Waals surface area contributed by atoms with Gasteiger partial charge in [-0.1, -0.05) is 0 Å².